The van der Waals surface area contributed by atoms with Crippen LogP contribution >= 0.6 is 0 Å². The molecule has 0 radical (unpaired) electrons. The van der Waals surface area contributed by atoms with Gasteiger partial charge >= 0.3 is 0 Å². The minimum absolute atomic E-state index is 0.0533. The number of rotatable bonds is 3. The van der Waals surface area contributed by atoms with Gasteiger partial charge in [-0.1, -0.05) is 32.0 Å². The lowest BCUT2D eigenvalue weighted by Crippen LogP contribution is -2.27. The fraction of sp³-hybridized carbons (Fsp3) is 0.571. The Morgan fingerprint density at radius 2 is 2.00 bits per heavy atom. The second-order valence-corrected chi connectivity index (χ2v) is 4.77. The van der Waals surface area contributed by atoms with E-state index in [0.717, 1.165) is 31.5 Å². The minimum atomic E-state index is -0.0533. The highest BCUT2D eigenvalue weighted by molar-refractivity contribution is 5.26. The topological polar surface area (TPSA) is 12.0 Å². The fourth-order valence-electron chi connectivity index (χ4n) is 3.00. The zero-order valence-corrected chi connectivity index (χ0v) is 10.1. The van der Waals surface area contributed by atoms with Crippen molar-refractivity contribution in [1.82, 2.24) is 5.32 Å². The van der Waals surface area contributed by atoms with Crippen LogP contribution < -0.4 is 5.32 Å². The van der Waals surface area contributed by atoms with Crippen LogP contribution in [0.15, 0.2) is 24.3 Å². The maximum Gasteiger partial charge on any atom is 0.126 e. The predicted octanol–water partition coefficient (Wildman–Crippen LogP) is 3.32. The van der Waals surface area contributed by atoms with Crippen LogP contribution in [0, 0.1) is 11.2 Å². The first-order valence-corrected chi connectivity index (χ1v) is 6.18. The van der Waals surface area contributed by atoms with Crippen LogP contribution in [0.25, 0.3) is 0 Å². The third-order valence-corrected chi connectivity index (χ3v) is 4.25. The average Bonchev–Trinajstić information content (AvgIpc) is 2.74. The molecule has 1 heterocycles. The fourth-order valence-corrected chi connectivity index (χ4v) is 3.00. The summed E-state index contributed by atoms with van der Waals surface area (Å²) in [5.74, 6) is 0.270. The van der Waals surface area contributed by atoms with E-state index in [9.17, 15) is 4.39 Å². The van der Waals surface area contributed by atoms with Crippen LogP contribution in [0.4, 0.5) is 4.39 Å². The summed E-state index contributed by atoms with van der Waals surface area (Å²) < 4.78 is 13.8. The van der Waals surface area contributed by atoms with E-state index >= 15 is 0 Å². The molecule has 0 bridgehead atoms. The Hall–Kier alpha value is -0.890. The van der Waals surface area contributed by atoms with Crippen LogP contribution in [-0.4, -0.2) is 13.1 Å². The molecule has 1 fully saturated rings. The quantitative estimate of drug-likeness (QED) is 0.825. The number of benzene rings is 1. The number of hydrogen-bond acceptors (Lipinski definition) is 1. The molecule has 0 aromatic heterocycles. The first-order valence-electron chi connectivity index (χ1n) is 6.18. The lowest BCUT2D eigenvalue weighted by molar-refractivity contribution is 0.256. The van der Waals surface area contributed by atoms with Crippen molar-refractivity contribution in [2.24, 2.45) is 5.41 Å². The van der Waals surface area contributed by atoms with Crippen LogP contribution in [0.2, 0.25) is 0 Å². The first kappa shape index (κ1) is 11.6. The van der Waals surface area contributed by atoms with Crippen molar-refractivity contribution in [3.05, 3.63) is 35.6 Å². The molecule has 16 heavy (non-hydrogen) atoms. The van der Waals surface area contributed by atoms with Gasteiger partial charge in [-0.3, -0.25) is 0 Å². The van der Waals surface area contributed by atoms with Crippen molar-refractivity contribution >= 4 is 0 Å². The summed E-state index contributed by atoms with van der Waals surface area (Å²) in [5.41, 5.74) is 1.12. The minimum Gasteiger partial charge on any atom is -0.316 e. The summed E-state index contributed by atoms with van der Waals surface area (Å²) in [6.07, 6.45) is 2.21. The first-order chi connectivity index (χ1) is 7.73. The molecule has 1 N–H and O–H groups in total. The molecule has 0 saturated carbocycles. The van der Waals surface area contributed by atoms with Crippen molar-refractivity contribution in [3.63, 3.8) is 0 Å². The molecule has 0 spiro atoms. The summed E-state index contributed by atoms with van der Waals surface area (Å²) in [4.78, 5) is 0. The second-order valence-electron chi connectivity index (χ2n) is 4.77. The van der Waals surface area contributed by atoms with Gasteiger partial charge < -0.3 is 5.32 Å². The Morgan fingerprint density at radius 1 is 1.31 bits per heavy atom. The molecule has 88 valence electrons. The highest BCUT2D eigenvalue weighted by atomic mass is 19.1. The molecule has 1 nitrogen and oxygen atoms in total. The van der Waals surface area contributed by atoms with E-state index in [1.807, 2.05) is 12.1 Å². The third-order valence-electron chi connectivity index (χ3n) is 4.25. The van der Waals surface area contributed by atoms with Crippen LogP contribution in [0.3, 0.4) is 0 Å². The van der Waals surface area contributed by atoms with Crippen LogP contribution in [0.5, 0.6) is 0 Å². The zero-order valence-electron chi connectivity index (χ0n) is 10.1. The van der Waals surface area contributed by atoms with Gasteiger partial charge in [-0.05, 0) is 29.9 Å². The van der Waals surface area contributed by atoms with E-state index in [0.29, 0.717) is 5.92 Å². The Morgan fingerprint density at radius 3 is 2.62 bits per heavy atom. The maximum absolute atomic E-state index is 13.8. The van der Waals surface area contributed by atoms with Crippen LogP contribution in [-0.2, 0) is 0 Å². The molecule has 0 unspecified atom stereocenters. The van der Waals surface area contributed by atoms with E-state index in [1.165, 1.54) is 0 Å². The summed E-state index contributed by atoms with van der Waals surface area (Å²) in [7, 11) is 0. The molecular weight excluding hydrogens is 201 g/mol. The maximum atomic E-state index is 13.8. The highest BCUT2D eigenvalue weighted by Crippen LogP contribution is 2.44. The molecule has 1 aromatic rings. The Labute approximate surface area is 97.1 Å². The SMILES string of the molecule is CCC1(CC)CNC[C@H]1c1ccccc1F. The van der Waals surface area contributed by atoms with Gasteiger partial charge in [0.05, 0.1) is 0 Å². The predicted molar refractivity (Wildman–Crippen MR) is 65.0 cm³/mol. The van der Waals surface area contributed by atoms with Crippen LogP contribution in [0.1, 0.15) is 38.2 Å². The van der Waals surface area contributed by atoms with Gasteiger partial charge in [-0.25, -0.2) is 4.39 Å². The Bertz CT molecular complexity index is 358. The third kappa shape index (κ3) is 1.75. The van der Waals surface area contributed by atoms with E-state index in [4.69, 9.17) is 0 Å². The molecule has 0 amide bonds. The molecular formula is C14H20FN. The molecule has 1 atom stereocenters. The smallest absolute Gasteiger partial charge is 0.126 e. The monoisotopic (exact) mass is 221 g/mol. The number of halogens is 1. The van der Waals surface area contributed by atoms with Crippen molar-refractivity contribution in [2.45, 2.75) is 32.6 Å². The average molecular weight is 221 g/mol. The molecule has 1 aromatic carbocycles. The van der Waals surface area contributed by atoms with E-state index in [2.05, 4.69) is 19.2 Å². The lowest BCUT2D eigenvalue weighted by Gasteiger charge is -2.33. The standard InChI is InChI=1S/C14H20FN/c1-3-14(4-2)10-16-9-12(14)11-7-5-6-8-13(11)15/h5-8,12,16H,3-4,9-10H2,1-2H3/t12-/m0/s1. The largest absolute Gasteiger partial charge is 0.316 e. The number of nitrogens with one attached hydrogen (secondary N) is 1. The Balaban J connectivity index is 2.37. The van der Waals surface area contributed by atoms with Gasteiger partial charge in [0.1, 0.15) is 5.82 Å². The van der Waals surface area contributed by atoms with Crippen molar-refractivity contribution < 1.29 is 4.39 Å². The summed E-state index contributed by atoms with van der Waals surface area (Å²) in [6.45, 7) is 6.34. The van der Waals surface area contributed by atoms with E-state index < -0.39 is 0 Å². The molecule has 1 aliphatic heterocycles. The van der Waals surface area contributed by atoms with Crippen molar-refractivity contribution in [1.29, 1.82) is 0 Å². The molecule has 1 aliphatic rings. The highest BCUT2D eigenvalue weighted by Gasteiger charge is 2.41. The van der Waals surface area contributed by atoms with E-state index in [1.54, 1.807) is 12.1 Å². The van der Waals surface area contributed by atoms with E-state index in [-0.39, 0.29) is 11.2 Å². The molecule has 2 heteroatoms. The molecule has 0 aliphatic carbocycles. The lowest BCUT2D eigenvalue weighted by atomic mass is 9.71. The molecule has 1 saturated heterocycles. The van der Waals surface area contributed by atoms with Gasteiger partial charge in [0.2, 0.25) is 0 Å². The molecule has 2 rings (SSSR count). The van der Waals surface area contributed by atoms with Gasteiger partial charge in [-0.2, -0.15) is 0 Å². The summed E-state index contributed by atoms with van der Waals surface area (Å²) in [6, 6.07) is 7.21. The van der Waals surface area contributed by atoms with Gasteiger partial charge in [0, 0.05) is 19.0 Å². The van der Waals surface area contributed by atoms with Crippen molar-refractivity contribution in [3.8, 4) is 0 Å². The van der Waals surface area contributed by atoms with Gasteiger partial charge in [0.15, 0.2) is 0 Å². The van der Waals surface area contributed by atoms with Gasteiger partial charge in [-0.15, -0.1) is 0 Å². The zero-order chi connectivity index (χ0) is 11.6. The summed E-state index contributed by atoms with van der Waals surface area (Å²) in [5, 5.41) is 3.42. The number of hydrogen-bond donors (Lipinski definition) is 1. The normalized spacial score (nSPS) is 23.6. The second kappa shape index (κ2) is 4.54. The Kier molecular flexibility index (Phi) is 3.29. The summed E-state index contributed by atoms with van der Waals surface area (Å²) >= 11 is 0. The van der Waals surface area contributed by atoms with Crippen molar-refractivity contribution in [2.75, 3.05) is 13.1 Å². The van der Waals surface area contributed by atoms with Gasteiger partial charge in [0.25, 0.3) is 0 Å².